The highest BCUT2D eigenvalue weighted by atomic mass is 19.1. The highest BCUT2D eigenvalue weighted by Gasteiger charge is 2.39. The Balaban J connectivity index is 1.99. The van der Waals surface area contributed by atoms with Crippen LogP contribution >= 0.6 is 0 Å². The fraction of sp³-hybridized carbons (Fsp3) is 0.538. The van der Waals surface area contributed by atoms with Gasteiger partial charge in [-0.2, -0.15) is 4.39 Å². The lowest BCUT2D eigenvalue weighted by Gasteiger charge is -2.47. The standard InChI is InChI=1S/C13H18FN3O/c1-17(2)13(6-4-7-13)9-16-12(18)10-5-3-8-15-11(10)14/h3,5,8H,4,6-7,9H2,1-2H3,(H,16,18). The summed E-state index contributed by atoms with van der Waals surface area (Å²) >= 11 is 0. The second kappa shape index (κ2) is 5.02. The summed E-state index contributed by atoms with van der Waals surface area (Å²) in [5.41, 5.74) is 0.0414. The Morgan fingerprint density at radius 3 is 2.78 bits per heavy atom. The molecule has 0 radical (unpaired) electrons. The van der Waals surface area contributed by atoms with E-state index in [0.29, 0.717) is 6.54 Å². The van der Waals surface area contributed by atoms with Gasteiger partial charge in [-0.3, -0.25) is 4.79 Å². The molecule has 1 fully saturated rings. The second-order valence-corrected chi connectivity index (χ2v) is 5.00. The lowest BCUT2D eigenvalue weighted by atomic mass is 9.75. The Labute approximate surface area is 106 Å². The van der Waals surface area contributed by atoms with Crippen LogP contribution in [-0.2, 0) is 0 Å². The summed E-state index contributed by atoms with van der Waals surface area (Å²) in [4.78, 5) is 17.5. The maximum Gasteiger partial charge on any atom is 0.255 e. The molecule has 0 bridgehead atoms. The Bertz CT molecular complexity index is 444. The predicted molar refractivity (Wildman–Crippen MR) is 66.8 cm³/mol. The highest BCUT2D eigenvalue weighted by Crippen LogP contribution is 2.35. The van der Waals surface area contributed by atoms with Crippen LogP contribution in [0.5, 0.6) is 0 Å². The number of nitrogens with zero attached hydrogens (tertiary/aromatic N) is 2. The Morgan fingerprint density at radius 2 is 2.28 bits per heavy atom. The van der Waals surface area contributed by atoms with E-state index in [4.69, 9.17) is 0 Å². The Morgan fingerprint density at radius 1 is 1.56 bits per heavy atom. The molecule has 0 spiro atoms. The third-order valence-corrected chi connectivity index (χ3v) is 3.81. The number of likely N-dealkylation sites (N-methyl/N-ethyl adjacent to an activating group) is 1. The number of hydrogen-bond acceptors (Lipinski definition) is 3. The Hall–Kier alpha value is -1.49. The number of carbonyl (C=O) groups is 1. The van der Waals surface area contributed by atoms with E-state index in [1.54, 1.807) is 6.07 Å². The molecular formula is C13H18FN3O. The van der Waals surface area contributed by atoms with Crippen molar-refractivity contribution in [1.82, 2.24) is 15.2 Å². The smallest absolute Gasteiger partial charge is 0.255 e. The largest absolute Gasteiger partial charge is 0.350 e. The van der Waals surface area contributed by atoms with Crippen molar-refractivity contribution in [3.05, 3.63) is 29.8 Å². The zero-order chi connectivity index (χ0) is 13.2. The number of hydrogen-bond donors (Lipinski definition) is 1. The van der Waals surface area contributed by atoms with E-state index in [0.717, 1.165) is 12.8 Å². The third-order valence-electron chi connectivity index (χ3n) is 3.81. The van der Waals surface area contributed by atoms with Gasteiger partial charge in [0.05, 0.1) is 5.56 Å². The molecule has 1 N–H and O–H groups in total. The summed E-state index contributed by atoms with van der Waals surface area (Å²) in [7, 11) is 4.02. The average Bonchev–Trinajstić information content (AvgIpc) is 2.27. The first kappa shape index (κ1) is 13.0. The third kappa shape index (κ3) is 2.36. The van der Waals surface area contributed by atoms with Gasteiger partial charge in [0.2, 0.25) is 5.95 Å². The predicted octanol–water partition coefficient (Wildman–Crippen LogP) is 1.43. The molecular weight excluding hydrogens is 233 g/mol. The number of pyridine rings is 1. The quantitative estimate of drug-likeness (QED) is 0.823. The number of rotatable bonds is 4. The first-order valence-corrected chi connectivity index (χ1v) is 6.11. The minimum Gasteiger partial charge on any atom is -0.350 e. The fourth-order valence-corrected chi connectivity index (χ4v) is 2.26. The van der Waals surface area contributed by atoms with Crippen molar-refractivity contribution in [3.63, 3.8) is 0 Å². The molecule has 1 aliphatic carbocycles. The monoisotopic (exact) mass is 251 g/mol. The summed E-state index contributed by atoms with van der Waals surface area (Å²) in [6.45, 7) is 0.549. The second-order valence-electron chi connectivity index (χ2n) is 5.00. The van der Waals surface area contributed by atoms with Gasteiger partial charge in [-0.15, -0.1) is 0 Å². The molecule has 1 aromatic rings. The normalized spacial score (nSPS) is 17.3. The van der Waals surface area contributed by atoms with Gasteiger partial charge in [-0.25, -0.2) is 4.98 Å². The van der Waals surface area contributed by atoms with Crippen molar-refractivity contribution in [1.29, 1.82) is 0 Å². The minimum atomic E-state index is -0.720. The lowest BCUT2D eigenvalue weighted by Crippen LogP contribution is -2.57. The van der Waals surface area contributed by atoms with Crippen LogP contribution in [0.25, 0.3) is 0 Å². The number of nitrogens with one attached hydrogen (secondary N) is 1. The maximum atomic E-state index is 13.3. The van der Waals surface area contributed by atoms with E-state index in [2.05, 4.69) is 15.2 Å². The van der Waals surface area contributed by atoms with Crippen LogP contribution in [0.3, 0.4) is 0 Å². The van der Waals surface area contributed by atoms with Crippen LogP contribution in [0.4, 0.5) is 4.39 Å². The van der Waals surface area contributed by atoms with E-state index < -0.39 is 11.9 Å². The highest BCUT2D eigenvalue weighted by molar-refractivity contribution is 5.94. The zero-order valence-corrected chi connectivity index (χ0v) is 10.7. The van der Waals surface area contributed by atoms with Gasteiger partial charge < -0.3 is 10.2 Å². The van der Waals surface area contributed by atoms with Crippen molar-refractivity contribution in [2.24, 2.45) is 0 Å². The van der Waals surface area contributed by atoms with E-state index in [-0.39, 0.29) is 11.1 Å². The maximum absolute atomic E-state index is 13.3. The summed E-state index contributed by atoms with van der Waals surface area (Å²) in [6, 6.07) is 3.00. The fourth-order valence-electron chi connectivity index (χ4n) is 2.26. The van der Waals surface area contributed by atoms with E-state index in [1.165, 1.54) is 18.7 Å². The van der Waals surface area contributed by atoms with Gasteiger partial charge in [0.25, 0.3) is 5.91 Å². The number of amides is 1. The average molecular weight is 251 g/mol. The number of carbonyl (C=O) groups excluding carboxylic acids is 1. The SMILES string of the molecule is CN(C)C1(CNC(=O)c2cccnc2F)CCC1. The molecule has 1 aliphatic rings. The van der Waals surface area contributed by atoms with Crippen LogP contribution in [-0.4, -0.2) is 42.0 Å². The molecule has 0 unspecified atom stereocenters. The molecule has 1 amide bonds. The molecule has 0 aliphatic heterocycles. The van der Waals surface area contributed by atoms with Crippen LogP contribution in [0, 0.1) is 5.95 Å². The van der Waals surface area contributed by atoms with Crippen LogP contribution < -0.4 is 5.32 Å². The van der Waals surface area contributed by atoms with Gasteiger partial charge in [-0.05, 0) is 45.5 Å². The van der Waals surface area contributed by atoms with Gasteiger partial charge in [0.1, 0.15) is 0 Å². The topological polar surface area (TPSA) is 45.2 Å². The summed E-state index contributed by atoms with van der Waals surface area (Å²) in [5, 5.41) is 2.80. The molecule has 4 nitrogen and oxygen atoms in total. The van der Waals surface area contributed by atoms with Crippen molar-refractivity contribution >= 4 is 5.91 Å². The van der Waals surface area contributed by atoms with Gasteiger partial charge in [-0.1, -0.05) is 0 Å². The van der Waals surface area contributed by atoms with E-state index in [1.807, 2.05) is 14.1 Å². The molecule has 0 atom stereocenters. The van der Waals surface area contributed by atoms with Crippen molar-refractivity contribution in [2.45, 2.75) is 24.8 Å². The van der Waals surface area contributed by atoms with Crippen molar-refractivity contribution in [2.75, 3.05) is 20.6 Å². The van der Waals surface area contributed by atoms with E-state index >= 15 is 0 Å². The van der Waals surface area contributed by atoms with Gasteiger partial charge in [0.15, 0.2) is 0 Å². The van der Waals surface area contributed by atoms with Crippen molar-refractivity contribution in [3.8, 4) is 0 Å². The molecule has 1 aromatic heterocycles. The van der Waals surface area contributed by atoms with E-state index in [9.17, 15) is 9.18 Å². The van der Waals surface area contributed by atoms with Crippen LogP contribution in [0.15, 0.2) is 18.3 Å². The van der Waals surface area contributed by atoms with Crippen LogP contribution in [0.1, 0.15) is 29.6 Å². The Kier molecular flexibility index (Phi) is 3.61. The molecule has 1 heterocycles. The molecule has 98 valence electrons. The molecule has 0 saturated heterocycles. The zero-order valence-electron chi connectivity index (χ0n) is 10.7. The first-order valence-electron chi connectivity index (χ1n) is 6.11. The number of aromatic nitrogens is 1. The molecule has 0 aromatic carbocycles. The minimum absolute atomic E-state index is 0.00531. The molecule has 2 rings (SSSR count). The molecule has 5 heteroatoms. The first-order chi connectivity index (χ1) is 8.55. The molecule has 1 saturated carbocycles. The lowest BCUT2D eigenvalue weighted by molar-refractivity contribution is 0.0556. The number of halogens is 1. The van der Waals surface area contributed by atoms with Crippen LogP contribution in [0.2, 0.25) is 0 Å². The summed E-state index contributed by atoms with van der Waals surface area (Å²) in [6.07, 6.45) is 4.64. The van der Waals surface area contributed by atoms with Gasteiger partial charge in [0, 0.05) is 18.3 Å². The summed E-state index contributed by atoms with van der Waals surface area (Å²) < 4.78 is 13.3. The van der Waals surface area contributed by atoms with Gasteiger partial charge >= 0.3 is 0 Å². The summed E-state index contributed by atoms with van der Waals surface area (Å²) in [5.74, 6) is -1.11. The van der Waals surface area contributed by atoms with Crippen molar-refractivity contribution < 1.29 is 9.18 Å². The molecule has 18 heavy (non-hydrogen) atoms.